The van der Waals surface area contributed by atoms with Crippen molar-refractivity contribution in [1.82, 2.24) is 9.71 Å². The number of aryl methyl sites for hydroxylation is 1. The highest BCUT2D eigenvalue weighted by molar-refractivity contribution is 7.87. The van der Waals surface area contributed by atoms with Gasteiger partial charge in [0.2, 0.25) is 0 Å². The van der Waals surface area contributed by atoms with Crippen molar-refractivity contribution >= 4 is 27.6 Å². The number of anilines is 1. The second kappa shape index (κ2) is 4.94. The standard InChI is InChI=1S/C10H12ClN5O2S/c1-6-7(3-12)2-9(11)10(14-6)16-4-8(5-16)15-19(13,17)18/h2,8,15H,4-5H2,1H3,(H2,13,17,18). The molecule has 0 unspecified atom stereocenters. The topological polar surface area (TPSA) is 112 Å². The van der Waals surface area contributed by atoms with Crippen LogP contribution in [-0.4, -0.2) is 32.5 Å². The Kier molecular flexibility index (Phi) is 3.64. The Hall–Kier alpha value is -1.40. The zero-order chi connectivity index (χ0) is 14.2. The van der Waals surface area contributed by atoms with Gasteiger partial charge in [-0.1, -0.05) is 11.6 Å². The highest BCUT2D eigenvalue weighted by atomic mass is 35.5. The lowest BCUT2D eigenvalue weighted by Gasteiger charge is -2.40. The summed E-state index contributed by atoms with van der Waals surface area (Å²) in [5.74, 6) is 0.547. The lowest BCUT2D eigenvalue weighted by Crippen LogP contribution is -2.60. The predicted molar refractivity (Wildman–Crippen MR) is 70.9 cm³/mol. The second-order valence-corrected chi connectivity index (χ2v) is 6.04. The molecule has 1 saturated heterocycles. The smallest absolute Gasteiger partial charge is 0.274 e. The van der Waals surface area contributed by atoms with E-state index < -0.39 is 10.2 Å². The van der Waals surface area contributed by atoms with Crippen molar-refractivity contribution < 1.29 is 8.42 Å². The molecule has 0 atom stereocenters. The van der Waals surface area contributed by atoms with Crippen LogP contribution in [0.2, 0.25) is 5.02 Å². The molecular weight excluding hydrogens is 290 g/mol. The largest absolute Gasteiger partial charge is 0.352 e. The summed E-state index contributed by atoms with van der Waals surface area (Å²) in [6.07, 6.45) is 0. The fourth-order valence-corrected chi connectivity index (χ4v) is 2.75. The number of rotatable bonds is 3. The van der Waals surface area contributed by atoms with E-state index in [2.05, 4.69) is 9.71 Å². The summed E-state index contributed by atoms with van der Waals surface area (Å²) in [5.41, 5.74) is 1.01. The Labute approximate surface area is 116 Å². The number of nitriles is 1. The monoisotopic (exact) mass is 301 g/mol. The summed E-state index contributed by atoms with van der Waals surface area (Å²) >= 11 is 6.05. The Morgan fingerprint density at radius 3 is 2.79 bits per heavy atom. The summed E-state index contributed by atoms with van der Waals surface area (Å²) < 4.78 is 24.0. The van der Waals surface area contributed by atoms with Gasteiger partial charge in [-0.15, -0.1) is 0 Å². The van der Waals surface area contributed by atoms with Gasteiger partial charge in [-0.2, -0.15) is 18.4 Å². The minimum atomic E-state index is -3.69. The molecule has 102 valence electrons. The third-order valence-electron chi connectivity index (χ3n) is 2.78. The van der Waals surface area contributed by atoms with Crippen molar-refractivity contribution in [3.05, 3.63) is 22.3 Å². The van der Waals surface area contributed by atoms with E-state index in [0.717, 1.165) is 0 Å². The number of nitrogens with zero attached hydrogens (tertiary/aromatic N) is 3. The molecule has 1 aromatic rings. The van der Waals surface area contributed by atoms with Gasteiger partial charge in [-0.05, 0) is 13.0 Å². The van der Waals surface area contributed by atoms with Crippen LogP contribution in [0.15, 0.2) is 6.07 Å². The van der Waals surface area contributed by atoms with Crippen LogP contribution in [0.1, 0.15) is 11.3 Å². The molecule has 0 bridgehead atoms. The van der Waals surface area contributed by atoms with E-state index in [-0.39, 0.29) is 6.04 Å². The van der Waals surface area contributed by atoms with Crippen LogP contribution in [0, 0.1) is 18.3 Å². The first-order chi connectivity index (χ1) is 8.80. The quantitative estimate of drug-likeness (QED) is 0.809. The predicted octanol–water partition coefficient (Wildman–Crippen LogP) is -0.103. The molecule has 3 N–H and O–H groups in total. The molecule has 1 aliphatic heterocycles. The number of hydrogen-bond donors (Lipinski definition) is 2. The molecule has 2 rings (SSSR count). The van der Waals surface area contributed by atoms with Crippen LogP contribution in [0.4, 0.5) is 5.82 Å². The molecule has 1 aliphatic rings. The maximum atomic E-state index is 10.9. The first kappa shape index (κ1) is 14.0. The maximum Gasteiger partial charge on any atom is 0.274 e. The van der Waals surface area contributed by atoms with E-state index in [1.165, 1.54) is 0 Å². The van der Waals surface area contributed by atoms with Crippen LogP contribution in [0.5, 0.6) is 0 Å². The molecule has 9 heteroatoms. The molecule has 19 heavy (non-hydrogen) atoms. The molecule has 0 radical (unpaired) electrons. The summed E-state index contributed by atoms with van der Waals surface area (Å²) in [6, 6.07) is 3.31. The minimum Gasteiger partial charge on any atom is -0.352 e. The zero-order valence-corrected chi connectivity index (χ0v) is 11.7. The van der Waals surface area contributed by atoms with Crippen molar-refractivity contribution in [2.45, 2.75) is 13.0 Å². The van der Waals surface area contributed by atoms with Gasteiger partial charge in [0, 0.05) is 13.1 Å². The Balaban J connectivity index is 2.11. The van der Waals surface area contributed by atoms with Crippen LogP contribution in [0.3, 0.4) is 0 Å². The normalized spacial score (nSPS) is 16.0. The van der Waals surface area contributed by atoms with Crippen molar-refractivity contribution in [2.24, 2.45) is 5.14 Å². The Morgan fingerprint density at radius 2 is 2.26 bits per heavy atom. The van der Waals surface area contributed by atoms with Gasteiger partial charge in [0.15, 0.2) is 0 Å². The van der Waals surface area contributed by atoms with Crippen molar-refractivity contribution in [3.8, 4) is 6.07 Å². The molecule has 2 heterocycles. The molecule has 0 saturated carbocycles. The van der Waals surface area contributed by atoms with Crippen molar-refractivity contribution in [3.63, 3.8) is 0 Å². The van der Waals surface area contributed by atoms with Crippen LogP contribution >= 0.6 is 11.6 Å². The maximum absolute atomic E-state index is 10.9. The zero-order valence-electron chi connectivity index (χ0n) is 10.1. The Morgan fingerprint density at radius 1 is 1.63 bits per heavy atom. The lowest BCUT2D eigenvalue weighted by molar-refractivity contribution is 0.466. The van der Waals surface area contributed by atoms with Crippen LogP contribution in [-0.2, 0) is 10.2 Å². The van der Waals surface area contributed by atoms with Crippen molar-refractivity contribution in [2.75, 3.05) is 18.0 Å². The summed E-state index contributed by atoms with van der Waals surface area (Å²) in [5, 5.41) is 14.1. The van der Waals surface area contributed by atoms with Gasteiger partial charge < -0.3 is 4.90 Å². The number of aromatic nitrogens is 1. The fourth-order valence-electron chi connectivity index (χ4n) is 1.86. The van der Waals surface area contributed by atoms with Gasteiger partial charge in [0.05, 0.1) is 22.3 Å². The number of pyridine rings is 1. The lowest BCUT2D eigenvalue weighted by atomic mass is 10.1. The SMILES string of the molecule is Cc1nc(N2CC(NS(N)(=O)=O)C2)c(Cl)cc1C#N. The van der Waals surface area contributed by atoms with E-state index in [9.17, 15) is 8.42 Å². The minimum absolute atomic E-state index is 0.246. The second-order valence-electron chi connectivity index (χ2n) is 4.30. The average Bonchev–Trinajstić information content (AvgIpc) is 2.24. The summed E-state index contributed by atoms with van der Waals surface area (Å²) in [6.45, 7) is 2.60. The number of halogens is 1. The van der Waals surface area contributed by atoms with Gasteiger partial charge in [-0.25, -0.2) is 10.1 Å². The van der Waals surface area contributed by atoms with E-state index in [0.29, 0.717) is 35.2 Å². The first-order valence-corrected chi connectivity index (χ1v) is 7.35. The molecule has 0 aliphatic carbocycles. The molecule has 1 fully saturated rings. The highest BCUT2D eigenvalue weighted by Gasteiger charge is 2.31. The van der Waals surface area contributed by atoms with Gasteiger partial charge in [0.25, 0.3) is 10.2 Å². The van der Waals surface area contributed by atoms with Crippen LogP contribution in [0.25, 0.3) is 0 Å². The fraction of sp³-hybridized carbons (Fsp3) is 0.400. The number of nitrogens with one attached hydrogen (secondary N) is 1. The summed E-state index contributed by atoms with van der Waals surface area (Å²) in [7, 11) is -3.69. The molecule has 0 spiro atoms. The number of nitrogens with two attached hydrogens (primary N) is 1. The third-order valence-corrected chi connectivity index (χ3v) is 3.72. The molecular formula is C10H12ClN5O2S. The van der Waals surface area contributed by atoms with E-state index in [1.807, 2.05) is 11.0 Å². The summed E-state index contributed by atoms with van der Waals surface area (Å²) in [4.78, 5) is 6.08. The van der Waals surface area contributed by atoms with Crippen molar-refractivity contribution in [1.29, 1.82) is 5.26 Å². The van der Waals surface area contributed by atoms with Crippen LogP contribution < -0.4 is 14.8 Å². The van der Waals surface area contributed by atoms with Gasteiger partial charge in [-0.3, -0.25) is 0 Å². The van der Waals surface area contributed by atoms with E-state index >= 15 is 0 Å². The molecule has 0 amide bonds. The number of hydrogen-bond acceptors (Lipinski definition) is 5. The first-order valence-electron chi connectivity index (χ1n) is 5.42. The van der Waals surface area contributed by atoms with Gasteiger partial charge in [0.1, 0.15) is 11.9 Å². The molecule has 7 nitrogen and oxygen atoms in total. The Bertz CT molecular complexity index is 649. The molecule has 0 aromatic carbocycles. The van der Waals surface area contributed by atoms with E-state index in [4.69, 9.17) is 22.0 Å². The third kappa shape index (κ3) is 3.13. The average molecular weight is 302 g/mol. The highest BCUT2D eigenvalue weighted by Crippen LogP contribution is 2.29. The molecule has 1 aromatic heterocycles. The van der Waals surface area contributed by atoms with E-state index in [1.54, 1.807) is 13.0 Å². The van der Waals surface area contributed by atoms with Gasteiger partial charge >= 0.3 is 0 Å².